The topological polar surface area (TPSA) is 122 Å². The molecule has 3 heterocycles. The molecule has 0 aliphatic carbocycles. The molecule has 0 fully saturated rings. The molecule has 0 saturated carbocycles. The molecule has 0 bridgehead atoms. The third kappa shape index (κ3) is 15.5. The number of halogens is 3. The molecule has 9 nitrogen and oxygen atoms in total. The summed E-state index contributed by atoms with van der Waals surface area (Å²) in [5, 5.41) is 0. The van der Waals surface area contributed by atoms with Crippen molar-refractivity contribution in [3.05, 3.63) is 88.7 Å². The normalized spacial score (nSPS) is 17.0. The Bertz CT molecular complexity index is 1670. The molecule has 0 spiro atoms. The number of hydrogen-bond donors (Lipinski definition) is 0. The molecule has 0 N–H and O–H groups in total. The summed E-state index contributed by atoms with van der Waals surface area (Å²) in [6.45, 7) is 7.67. The van der Waals surface area contributed by atoms with Crippen LogP contribution in [0.2, 0.25) is 0 Å². The second-order valence-corrected chi connectivity index (χ2v) is 12.5. The number of carbonyl (C=O) groups excluding carboxylic acids is 5. The summed E-state index contributed by atoms with van der Waals surface area (Å²) in [7, 11) is 0. The van der Waals surface area contributed by atoms with E-state index in [1.54, 1.807) is 12.1 Å². The van der Waals surface area contributed by atoms with Crippen molar-refractivity contribution in [2.24, 2.45) is 0 Å². The molecule has 6 rings (SSSR count). The van der Waals surface area contributed by atoms with Crippen molar-refractivity contribution in [1.29, 1.82) is 0 Å². The van der Waals surface area contributed by atoms with Crippen LogP contribution in [-0.4, -0.2) is 54.0 Å². The van der Waals surface area contributed by atoms with Crippen molar-refractivity contribution in [3.8, 4) is 17.2 Å². The van der Waals surface area contributed by atoms with E-state index in [4.69, 9.17) is 14.2 Å². The first kappa shape index (κ1) is 48.2. The van der Waals surface area contributed by atoms with E-state index in [-0.39, 0.29) is 96.5 Å². The van der Waals surface area contributed by atoms with Gasteiger partial charge in [-0.3, -0.25) is 19.2 Å². The third-order valence-corrected chi connectivity index (χ3v) is 8.09. The van der Waals surface area contributed by atoms with Gasteiger partial charge >= 0.3 is 5.97 Å². The Labute approximate surface area is 337 Å². The van der Waals surface area contributed by atoms with Crippen molar-refractivity contribution in [1.82, 2.24) is 0 Å². The van der Waals surface area contributed by atoms with E-state index in [2.05, 4.69) is 4.74 Å². The molecule has 3 aromatic rings. The Morgan fingerprint density at radius 1 is 0.574 bits per heavy atom. The van der Waals surface area contributed by atoms with Crippen LogP contribution in [0.1, 0.15) is 83.4 Å². The minimum absolute atomic E-state index is 0. The summed E-state index contributed by atoms with van der Waals surface area (Å²) in [5.41, 5.74) is 2.47. The second-order valence-electron chi connectivity index (χ2n) is 12.5. The number of hydrogen-bond acceptors (Lipinski definition) is 9. The second kappa shape index (κ2) is 23.8. The number of fused-ring (bicyclic) bond motifs is 3. The fourth-order valence-corrected chi connectivity index (χ4v) is 5.47. The van der Waals surface area contributed by atoms with Crippen LogP contribution >= 0.6 is 0 Å². The minimum Gasteiger partial charge on any atom is -0.482 e. The molecule has 3 unspecified atom stereocenters. The number of Topliss-reactive ketones (excluding diaryl/α,β-unsaturated/α-hetero) is 4. The molecule has 54 heavy (non-hydrogen) atoms. The maximum atomic E-state index is 13.0. The van der Waals surface area contributed by atoms with Crippen molar-refractivity contribution in [2.75, 3.05) is 6.61 Å². The third-order valence-electron chi connectivity index (χ3n) is 8.09. The van der Waals surface area contributed by atoms with Crippen molar-refractivity contribution < 1.29 is 93.2 Å². The van der Waals surface area contributed by atoms with Gasteiger partial charge in [0.05, 0.1) is 0 Å². The zero-order valence-corrected chi connectivity index (χ0v) is 33.8. The summed E-state index contributed by atoms with van der Waals surface area (Å²) >= 11 is 0. The maximum Gasteiger partial charge on any atom is 0.303 e. The van der Waals surface area contributed by atoms with E-state index in [0.717, 1.165) is 16.7 Å². The summed E-state index contributed by atoms with van der Waals surface area (Å²) in [6.07, 6.45) is 3.45. The molecule has 0 saturated heterocycles. The van der Waals surface area contributed by atoms with Gasteiger partial charge in [0.1, 0.15) is 40.5 Å². The first-order valence-corrected chi connectivity index (χ1v) is 17.2. The summed E-state index contributed by atoms with van der Waals surface area (Å²) < 4.78 is 59.9. The number of carbonyl (C=O) groups is 5. The van der Waals surface area contributed by atoms with E-state index in [1.165, 1.54) is 63.2 Å². The predicted molar refractivity (Wildman–Crippen MR) is 186 cm³/mol. The summed E-state index contributed by atoms with van der Waals surface area (Å²) in [5.74, 6) is 0.613. The van der Waals surface area contributed by atoms with Crippen LogP contribution in [-0.2, 0) is 85.1 Å². The van der Waals surface area contributed by atoms with E-state index < -0.39 is 12.1 Å². The Kier molecular flexibility index (Phi) is 21.3. The average Bonchev–Trinajstić information content (AvgIpc) is 3.12. The first-order valence-electron chi connectivity index (χ1n) is 17.2. The van der Waals surface area contributed by atoms with Crippen LogP contribution in [0.15, 0.2) is 54.6 Å². The average molecular weight is 829 g/mol. The largest absolute Gasteiger partial charge is 0.482 e. The summed E-state index contributed by atoms with van der Waals surface area (Å²) in [4.78, 5) is 54.6. The Hall–Kier alpha value is -3.83. The quantitative estimate of drug-likeness (QED) is 0.227. The molecule has 14 heteroatoms. The molecular weight excluding hydrogens is 783 g/mol. The fraction of sp³-hybridized carbons (Fsp3) is 0.425. The SMILES string of the molecule is CC(=O)OCC(=O)C1CCc2cc(F)ccc2O1.CC(C)=O.CCC(=O)C1CCc2cc(F)ccc2O1.CCC(=O)C1CCc2cc(F)ccc2O1.[V].[V]. The van der Waals surface area contributed by atoms with Crippen molar-refractivity contribution in [2.45, 2.75) is 104 Å². The van der Waals surface area contributed by atoms with Gasteiger partial charge in [-0.15, -0.1) is 0 Å². The van der Waals surface area contributed by atoms with E-state index in [1.807, 2.05) is 13.8 Å². The van der Waals surface area contributed by atoms with Gasteiger partial charge in [0.2, 0.25) is 5.78 Å². The van der Waals surface area contributed by atoms with Gasteiger partial charge in [-0.25, -0.2) is 13.2 Å². The smallest absolute Gasteiger partial charge is 0.303 e. The standard InChI is InChI=1S/C13H13FO4.2C12H13FO2.C3H6O.2V/c1-8(15)17-7-11(16)13-4-2-9-6-10(14)3-5-12(9)18-13;2*1-2-10(14)12-5-3-8-7-9(13)4-6-11(8)15-12;1-3(2)4;;/h3,5-6,13H,2,4,7H2,1H3;2*4,6-7,12H,2-3,5H2,1H3;1-2H3;;. The van der Waals surface area contributed by atoms with Gasteiger partial charge in [-0.2, -0.15) is 0 Å². The van der Waals surface area contributed by atoms with E-state index in [0.29, 0.717) is 68.6 Å². The number of ether oxygens (including phenoxy) is 4. The van der Waals surface area contributed by atoms with Gasteiger partial charge in [0.15, 0.2) is 36.5 Å². The maximum absolute atomic E-state index is 13.0. The zero-order chi connectivity index (χ0) is 38.4. The minimum atomic E-state index is -0.623. The molecule has 0 amide bonds. The van der Waals surface area contributed by atoms with Crippen LogP contribution in [0, 0.1) is 17.5 Å². The molecule has 2 radical (unpaired) electrons. The number of benzene rings is 3. The molecule has 3 aliphatic heterocycles. The Balaban J connectivity index is 0.000000380. The van der Waals surface area contributed by atoms with Gasteiger partial charge in [-0.1, -0.05) is 13.8 Å². The number of ketones is 4. The van der Waals surface area contributed by atoms with Gasteiger partial charge < -0.3 is 23.7 Å². The van der Waals surface area contributed by atoms with E-state index >= 15 is 0 Å². The molecule has 3 atom stereocenters. The van der Waals surface area contributed by atoms with Crippen LogP contribution in [0.25, 0.3) is 0 Å². The molecular formula is C40H45F3O9V2. The Morgan fingerprint density at radius 3 is 1.15 bits per heavy atom. The number of rotatable bonds is 7. The molecule has 290 valence electrons. The van der Waals surface area contributed by atoms with Crippen LogP contribution in [0.4, 0.5) is 13.2 Å². The van der Waals surface area contributed by atoms with Gasteiger partial charge in [0, 0.05) is 56.9 Å². The van der Waals surface area contributed by atoms with Crippen molar-refractivity contribution >= 4 is 29.1 Å². The molecule has 0 aromatic heterocycles. The predicted octanol–water partition coefficient (Wildman–Crippen LogP) is 7.24. The summed E-state index contributed by atoms with van der Waals surface area (Å²) in [6, 6.07) is 13.1. The van der Waals surface area contributed by atoms with Crippen LogP contribution in [0.3, 0.4) is 0 Å². The monoisotopic (exact) mass is 828 g/mol. The van der Waals surface area contributed by atoms with Crippen LogP contribution in [0.5, 0.6) is 17.2 Å². The van der Waals surface area contributed by atoms with Crippen LogP contribution < -0.4 is 14.2 Å². The number of aryl methyl sites for hydroxylation is 3. The van der Waals surface area contributed by atoms with Gasteiger partial charge in [-0.05, 0) is 124 Å². The van der Waals surface area contributed by atoms with E-state index in [9.17, 15) is 37.1 Å². The number of esters is 1. The first-order chi connectivity index (χ1) is 24.7. The fourth-order valence-electron chi connectivity index (χ4n) is 5.47. The van der Waals surface area contributed by atoms with Gasteiger partial charge in [0.25, 0.3) is 0 Å². The molecule has 3 aliphatic rings. The zero-order valence-electron chi connectivity index (χ0n) is 31.0. The Morgan fingerprint density at radius 2 is 0.870 bits per heavy atom. The molecule has 3 aromatic carbocycles. The van der Waals surface area contributed by atoms with Crippen molar-refractivity contribution in [3.63, 3.8) is 0 Å².